The minimum atomic E-state index is -1.46. The molecule has 8 fully saturated rings. The van der Waals surface area contributed by atoms with Gasteiger partial charge in [0.05, 0.1) is 32.5 Å². The molecule has 0 radical (unpaired) electrons. The first kappa shape index (κ1) is 19.6. The zero-order valence-electron chi connectivity index (χ0n) is 19.9. The molecule has 4 aliphatic carbocycles. The second-order valence-electron chi connectivity index (χ2n) is 14.3. The average molecular weight is 429 g/mol. The smallest absolute Gasteiger partial charge is 0.0844 e. The zero-order chi connectivity index (χ0) is 20.5. The van der Waals surface area contributed by atoms with Crippen molar-refractivity contribution >= 4 is 8.07 Å². The normalized spacial score (nSPS) is 55.6. The number of fused-ring (bicyclic) bond motifs is 2. The van der Waals surface area contributed by atoms with E-state index in [2.05, 4.69) is 27.7 Å². The highest BCUT2D eigenvalue weighted by molar-refractivity contribution is 6.89. The Morgan fingerprint density at radius 1 is 0.600 bits per heavy atom. The third kappa shape index (κ3) is 2.55. The Morgan fingerprint density at radius 2 is 1.07 bits per heavy atom. The van der Waals surface area contributed by atoms with Crippen LogP contribution in [0.5, 0.6) is 0 Å². The third-order valence-corrected chi connectivity index (χ3v) is 20.7. The van der Waals surface area contributed by atoms with Crippen LogP contribution in [-0.4, -0.2) is 32.5 Å². The van der Waals surface area contributed by atoms with E-state index in [1.54, 1.807) is 19.3 Å². The molecule has 0 N–H and O–H groups in total. The summed E-state index contributed by atoms with van der Waals surface area (Å²) in [7, 11) is -1.46. The molecule has 2 nitrogen and oxygen atoms in total. The van der Waals surface area contributed by atoms with Crippen molar-refractivity contribution < 1.29 is 9.47 Å². The van der Waals surface area contributed by atoms with Gasteiger partial charge in [-0.3, -0.25) is 0 Å². The lowest BCUT2D eigenvalue weighted by Crippen LogP contribution is -2.57. The predicted molar refractivity (Wildman–Crippen MR) is 123 cm³/mol. The summed E-state index contributed by atoms with van der Waals surface area (Å²) in [6.07, 6.45) is 18.9. The topological polar surface area (TPSA) is 25.1 Å². The predicted octanol–water partition coefficient (Wildman–Crippen LogP) is 7.09. The lowest BCUT2D eigenvalue weighted by molar-refractivity contribution is 0.295. The van der Waals surface area contributed by atoms with Crippen molar-refractivity contribution in [3.05, 3.63) is 0 Å². The summed E-state index contributed by atoms with van der Waals surface area (Å²) in [5, 5.41) is 1.19. The van der Waals surface area contributed by atoms with Crippen molar-refractivity contribution in [3.8, 4) is 0 Å². The van der Waals surface area contributed by atoms with Gasteiger partial charge in [-0.1, -0.05) is 27.7 Å². The Bertz CT molecular complexity index is 670. The van der Waals surface area contributed by atoms with Crippen LogP contribution in [0.1, 0.15) is 98.3 Å². The van der Waals surface area contributed by atoms with Crippen molar-refractivity contribution in [2.45, 2.75) is 144 Å². The number of ether oxygens (including phenoxy) is 2. The molecule has 0 aromatic heterocycles. The summed E-state index contributed by atoms with van der Waals surface area (Å²) in [5.41, 5.74) is 2.30. The molecule has 4 heterocycles. The molecule has 4 saturated carbocycles. The molecular weight excluding hydrogens is 384 g/mol. The molecule has 10 atom stereocenters. The summed E-state index contributed by atoms with van der Waals surface area (Å²) in [6, 6.07) is 0. The molecule has 3 heteroatoms. The van der Waals surface area contributed by atoms with Gasteiger partial charge < -0.3 is 9.47 Å². The first-order valence-corrected chi connectivity index (χ1v) is 15.7. The molecule has 0 aromatic rings. The first-order chi connectivity index (χ1) is 14.3. The van der Waals surface area contributed by atoms with Gasteiger partial charge in [-0.05, 0) is 115 Å². The Hall–Kier alpha value is 0.137. The van der Waals surface area contributed by atoms with E-state index in [0.29, 0.717) is 34.5 Å². The highest BCUT2D eigenvalue weighted by Gasteiger charge is 2.77. The maximum Gasteiger partial charge on any atom is 0.0844 e. The highest BCUT2D eigenvalue weighted by atomic mass is 28.3. The lowest BCUT2D eigenvalue weighted by atomic mass is 9.83. The van der Waals surface area contributed by atoms with E-state index in [9.17, 15) is 0 Å². The second-order valence-corrected chi connectivity index (χ2v) is 20.2. The van der Waals surface area contributed by atoms with Gasteiger partial charge in [-0.25, -0.2) is 0 Å². The summed E-state index contributed by atoms with van der Waals surface area (Å²) in [4.78, 5) is 0. The fourth-order valence-corrected chi connectivity index (χ4v) is 22.7. The van der Waals surface area contributed by atoms with E-state index < -0.39 is 8.07 Å². The van der Waals surface area contributed by atoms with Gasteiger partial charge in [0, 0.05) is 0 Å². The Balaban J connectivity index is 1.19. The number of hydrogen-bond donors (Lipinski definition) is 0. The zero-order valence-corrected chi connectivity index (χ0v) is 20.9. The number of hydrogen-bond acceptors (Lipinski definition) is 2. The summed E-state index contributed by atoms with van der Waals surface area (Å²) in [5.74, 6) is 4.12. The Kier molecular flexibility index (Phi) is 4.03. The molecule has 30 heavy (non-hydrogen) atoms. The maximum atomic E-state index is 5.93. The monoisotopic (exact) mass is 428 g/mol. The summed E-state index contributed by atoms with van der Waals surface area (Å²) < 4.78 is 11.9. The summed E-state index contributed by atoms with van der Waals surface area (Å²) >= 11 is 0. The van der Waals surface area contributed by atoms with Crippen molar-refractivity contribution in [2.24, 2.45) is 23.7 Å². The fourth-order valence-electron chi connectivity index (χ4n) is 11.7. The van der Waals surface area contributed by atoms with Gasteiger partial charge in [-0.15, -0.1) is 0 Å². The first-order valence-electron chi connectivity index (χ1n) is 13.6. The van der Waals surface area contributed by atoms with E-state index in [1.807, 2.05) is 0 Å². The average Bonchev–Trinajstić information content (AvgIpc) is 3.45. The van der Waals surface area contributed by atoms with Gasteiger partial charge in [0.1, 0.15) is 0 Å². The van der Waals surface area contributed by atoms with Gasteiger partial charge in [0.2, 0.25) is 0 Å². The molecule has 0 spiro atoms. The highest BCUT2D eigenvalue weighted by Crippen LogP contribution is 2.84. The van der Waals surface area contributed by atoms with Crippen LogP contribution in [0.2, 0.25) is 21.2 Å². The molecule has 4 bridgehead atoms. The van der Waals surface area contributed by atoms with Crippen LogP contribution in [0, 0.1) is 23.7 Å². The standard InChI is InChI=1S/C27H44O2Si/c1-26(2,14-16-5-7-20-22(9-16)28-20)30(24-12-18-11-19(24)13-25(18)30)27(3,4)15-17-6-8-21-23(10-17)29-21/h16-25H,5-15H2,1-4H3. The van der Waals surface area contributed by atoms with Crippen molar-refractivity contribution in [1.82, 2.24) is 0 Å². The molecule has 0 amide bonds. The van der Waals surface area contributed by atoms with Gasteiger partial charge >= 0.3 is 0 Å². The van der Waals surface area contributed by atoms with Crippen molar-refractivity contribution in [1.29, 1.82) is 0 Å². The van der Waals surface area contributed by atoms with Crippen LogP contribution >= 0.6 is 0 Å². The lowest BCUT2D eigenvalue weighted by Gasteiger charge is -2.59. The van der Waals surface area contributed by atoms with Crippen LogP contribution in [0.15, 0.2) is 0 Å². The van der Waals surface area contributed by atoms with Gasteiger partial charge in [0.15, 0.2) is 0 Å². The minimum absolute atomic E-state index is 0.593. The fraction of sp³-hybridized carbons (Fsp3) is 1.00. The maximum absolute atomic E-state index is 5.93. The van der Waals surface area contributed by atoms with Crippen LogP contribution < -0.4 is 0 Å². The molecule has 4 aliphatic heterocycles. The van der Waals surface area contributed by atoms with Crippen molar-refractivity contribution in [2.75, 3.05) is 0 Å². The van der Waals surface area contributed by atoms with Gasteiger partial charge in [0.25, 0.3) is 0 Å². The molecule has 10 unspecified atom stereocenters. The number of epoxide rings is 2. The van der Waals surface area contributed by atoms with Crippen LogP contribution in [0.25, 0.3) is 0 Å². The van der Waals surface area contributed by atoms with E-state index in [0.717, 1.165) is 34.8 Å². The Morgan fingerprint density at radius 3 is 1.47 bits per heavy atom. The Labute approximate surface area is 185 Å². The van der Waals surface area contributed by atoms with E-state index in [-0.39, 0.29) is 0 Å². The number of rotatable bonds is 6. The SMILES string of the molecule is CC(C)(CC1CCC2OC2C1)[Si]1(C(C)(C)CC2CCC3OC3C2)C2CC3CC2CC31. The quantitative estimate of drug-likeness (QED) is 0.333. The van der Waals surface area contributed by atoms with Crippen LogP contribution in [0.4, 0.5) is 0 Å². The van der Waals surface area contributed by atoms with E-state index in [1.165, 1.54) is 51.4 Å². The molecule has 8 aliphatic rings. The van der Waals surface area contributed by atoms with Gasteiger partial charge in [-0.2, -0.15) is 0 Å². The molecule has 8 rings (SSSR count). The molecule has 168 valence electrons. The van der Waals surface area contributed by atoms with Crippen molar-refractivity contribution in [3.63, 3.8) is 0 Å². The summed E-state index contributed by atoms with van der Waals surface area (Å²) in [6.45, 7) is 11.2. The van der Waals surface area contributed by atoms with Crippen LogP contribution in [-0.2, 0) is 9.47 Å². The second kappa shape index (κ2) is 6.17. The molecular formula is C27H44O2Si. The van der Waals surface area contributed by atoms with Crippen LogP contribution in [0.3, 0.4) is 0 Å². The van der Waals surface area contributed by atoms with E-state index in [4.69, 9.17) is 9.47 Å². The molecule has 4 saturated heterocycles. The largest absolute Gasteiger partial charge is 0.370 e. The third-order valence-electron chi connectivity index (χ3n) is 12.1. The van der Waals surface area contributed by atoms with E-state index >= 15 is 0 Å². The minimum Gasteiger partial charge on any atom is -0.370 e. The molecule has 0 aromatic carbocycles.